The Morgan fingerprint density at radius 3 is 2.46 bits per heavy atom. The van der Waals surface area contributed by atoms with Crippen LogP contribution >= 0.6 is 24.0 Å². The fourth-order valence-corrected chi connectivity index (χ4v) is 3.02. The third-order valence-electron chi connectivity index (χ3n) is 4.07. The third-order valence-corrected chi connectivity index (χ3v) is 4.32. The van der Waals surface area contributed by atoms with Crippen LogP contribution in [0, 0.1) is 5.41 Å². The van der Waals surface area contributed by atoms with E-state index in [0.717, 1.165) is 24.8 Å². The summed E-state index contributed by atoms with van der Waals surface area (Å²) in [6, 6.07) is 7.60. The number of amides is 1. The highest BCUT2D eigenvalue weighted by molar-refractivity contribution is 6.30. The van der Waals surface area contributed by atoms with Gasteiger partial charge in [-0.2, -0.15) is 0 Å². The molecule has 0 saturated carbocycles. The van der Waals surface area contributed by atoms with Crippen molar-refractivity contribution in [3.8, 4) is 0 Å². The molecule has 1 heterocycles. The van der Waals surface area contributed by atoms with E-state index in [-0.39, 0.29) is 35.9 Å². The molecule has 0 radical (unpaired) electrons. The van der Waals surface area contributed by atoms with Gasteiger partial charge in [-0.3, -0.25) is 4.79 Å². The number of nitrogens with one attached hydrogen (secondary N) is 1. The van der Waals surface area contributed by atoms with E-state index in [1.165, 1.54) is 0 Å². The zero-order valence-corrected chi connectivity index (χ0v) is 16.1. The molecule has 1 aromatic rings. The largest absolute Gasteiger partial charge is 0.364 e. The van der Waals surface area contributed by atoms with Crippen molar-refractivity contribution in [3.63, 3.8) is 0 Å². The van der Waals surface area contributed by atoms with Gasteiger partial charge in [0.2, 0.25) is 5.91 Å². The molecule has 6 heteroatoms. The number of carbonyl (C=O) groups excluding carboxylic acids is 1. The minimum atomic E-state index is -0.390. The maximum Gasteiger partial charge on any atom is 0.249 e. The molecule has 2 rings (SSSR count). The molecule has 136 valence electrons. The molecule has 3 N–H and O–H groups in total. The Balaban J connectivity index is 0.00000288. The summed E-state index contributed by atoms with van der Waals surface area (Å²) >= 11 is 5.97. The molecule has 4 nitrogen and oxygen atoms in total. The first-order chi connectivity index (χ1) is 10.8. The molecule has 1 aliphatic rings. The van der Waals surface area contributed by atoms with Crippen LogP contribution in [0.2, 0.25) is 5.02 Å². The van der Waals surface area contributed by atoms with Crippen molar-refractivity contribution in [2.75, 3.05) is 6.54 Å². The van der Waals surface area contributed by atoms with Crippen LogP contribution < -0.4 is 11.1 Å². The Kier molecular flexibility index (Phi) is 8.00. The monoisotopic (exact) mass is 374 g/mol. The highest BCUT2D eigenvalue weighted by Crippen LogP contribution is 2.30. The van der Waals surface area contributed by atoms with Crippen molar-refractivity contribution in [3.05, 3.63) is 34.9 Å². The standard InChI is InChI=1S/C18H27ClN2O2.ClH/c1-18(2,3)10-15(12-4-6-13(19)7-5-12)21-17(22)16-9-8-14(11-20)23-16;/h4-7,14-16H,8-11,20H2,1-3H3,(H,21,22);1H/t14-,15?,16+;/m1./s1. The molecule has 1 fully saturated rings. The number of carbonyl (C=O) groups is 1. The van der Waals surface area contributed by atoms with Crippen molar-refractivity contribution in [2.45, 2.75) is 58.3 Å². The molecule has 24 heavy (non-hydrogen) atoms. The van der Waals surface area contributed by atoms with Gasteiger partial charge >= 0.3 is 0 Å². The fourth-order valence-electron chi connectivity index (χ4n) is 2.90. The summed E-state index contributed by atoms with van der Waals surface area (Å²) in [6.45, 7) is 6.96. The van der Waals surface area contributed by atoms with Crippen molar-refractivity contribution in [2.24, 2.45) is 11.1 Å². The minimum Gasteiger partial charge on any atom is -0.364 e. The molecular formula is C18H28Cl2N2O2. The van der Waals surface area contributed by atoms with Crippen LogP contribution in [-0.2, 0) is 9.53 Å². The van der Waals surface area contributed by atoms with Crippen LogP contribution in [-0.4, -0.2) is 24.7 Å². The Labute approximate surface area is 155 Å². The highest BCUT2D eigenvalue weighted by Gasteiger charge is 2.32. The van der Waals surface area contributed by atoms with Gasteiger partial charge in [0.1, 0.15) is 6.10 Å². The van der Waals surface area contributed by atoms with Crippen LogP contribution in [0.3, 0.4) is 0 Å². The van der Waals surface area contributed by atoms with Gasteiger partial charge in [-0.25, -0.2) is 0 Å². The number of nitrogens with two attached hydrogens (primary N) is 1. The van der Waals surface area contributed by atoms with Crippen LogP contribution in [0.15, 0.2) is 24.3 Å². The van der Waals surface area contributed by atoms with E-state index < -0.39 is 6.10 Å². The van der Waals surface area contributed by atoms with E-state index in [2.05, 4.69) is 26.1 Å². The summed E-state index contributed by atoms with van der Waals surface area (Å²) in [5, 5.41) is 3.84. The number of hydrogen-bond acceptors (Lipinski definition) is 3. The Bertz CT molecular complexity index is 529. The lowest BCUT2D eigenvalue weighted by Crippen LogP contribution is -2.39. The maximum absolute atomic E-state index is 12.5. The normalized spacial score (nSPS) is 21.9. The molecule has 0 bridgehead atoms. The van der Waals surface area contributed by atoms with Gasteiger partial charge in [0.15, 0.2) is 0 Å². The summed E-state index contributed by atoms with van der Waals surface area (Å²) in [5.74, 6) is -0.0508. The second-order valence-electron chi connectivity index (χ2n) is 7.44. The van der Waals surface area contributed by atoms with E-state index in [4.69, 9.17) is 22.1 Å². The number of benzene rings is 1. The maximum atomic E-state index is 12.5. The second-order valence-corrected chi connectivity index (χ2v) is 7.87. The van der Waals surface area contributed by atoms with Crippen LogP contribution in [0.4, 0.5) is 0 Å². The van der Waals surface area contributed by atoms with Gasteiger partial charge in [-0.05, 0) is 42.4 Å². The summed E-state index contributed by atoms with van der Waals surface area (Å²) in [5.41, 5.74) is 6.77. The zero-order valence-electron chi connectivity index (χ0n) is 14.5. The van der Waals surface area contributed by atoms with Crippen LogP contribution in [0.5, 0.6) is 0 Å². The third kappa shape index (κ3) is 6.25. The molecule has 0 aromatic heterocycles. The van der Waals surface area contributed by atoms with E-state index in [1.54, 1.807) is 0 Å². The van der Waals surface area contributed by atoms with E-state index >= 15 is 0 Å². The van der Waals surface area contributed by atoms with Crippen LogP contribution in [0.25, 0.3) is 0 Å². The van der Waals surface area contributed by atoms with Gasteiger partial charge in [-0.15, -0.1) is 12.4 Å². The summed E-state index contributed by atoms with van der Waals surface area (Å²) in [6.07, 6.45) is 2.03. The number of ether oxygens (including phenoxy) is 1. The summed E-state index contributed by atoms with van der Waals surface area (Å²) in [7, 11) is 0. The highest BCUT2D eigenvalue weighted by atomic mass is 35.5. The number of halogens is 2. The smallest absolute Gasteiger partial charge is 0.249 e. The molecular weight excluding hydrogens is 347 g/mol. The predicted molar refractivity (Wildman–Crippen MR) is 101 cm³/mol. The van der Waals surface area contributed by atoms with Gasteiger partial charge in [0, 0.05) is 11.6 Å². The molecule has 1 saturated heterocycles. The first-order valence-corrected chi connectivity index (χ1v) is 8.57. The molecule has 0 spiro atoms. The molecule has 1 amide bonds. The Morgan fingerprint density at radius 2 is 1.96 bits per heavy atom. The van der Waals surface area contributed by atoms with Gasteiger partial charge in [0.05, 0.1) is 12.1 Å². The van der Waals surface area contributed by atoms with E-state index in [0.29, 0.717) is 11.6 Å². The lowest BCUT2D eigenvalue weighted by atomic mass is 9.85. The predicted octanol–water partition coefficient (Wildman–Crippen LogP) is 3.86. The van der Waals surface area contributed by atoms with Crippen molar-refractivity contribution in [1.29, 1.82) is 0 Å². The minimum absolute atomic E-state index is 0. The Morgan fingerprint density at radius 1 is 1.33 bits per heavy atom. The van der Waals surface area contributed by atoms with E-state index in [1.807, 2.05) is 24.3 Å². The first-order valence-electron chi connectivity index (χ1n) is 8.20. The fraction of sp³-hybridized carbons (Fsp3) is 0.611. The summed E-state index contributed by atoms with van der Waals surface area (Å²) < 4.78 is 5.70. The van der Waals surface area contributed by atoms with E-state index in [9.17, 15) is 4.79 Å². The zero-order chi connectivity index (χ0) is 17.0. The average Bonchev–Trinajstić information content (AvgIpc) is 2.95. The quantitative estimate of drug-likeness (QED) is 0.821. The van der Waals surface area contributed by atoms with Crippen molar-refractivity contribution >= 4 is 29.9 Å². The van der Waals surface area contributed by atoms with Gasteiger partial charge in [0.25, 0.3) is 0 Å². The van der Waals surface area contributed by atoms with Crippen LogP contribution in [0.1, 0.15) is 51.6 Å². The molecule has 3 atom stereocenters. The molecule has 1 aromatic carbocycles. The van der Waals surface area contributed by atoms with Crippen molar-refractivity contribution < 1.29 is 9.53 Å². The Hall–Kier alpha value is -0.810. The average molecular weight is 375 g/mol. The lowest BCUT2D eigenvalue weighted by Gasteiger charge is -2.28. The molecule has 0 aliphatic carbocycles. The number of hydrogen-bond donors (Lipinski definition) is 2. The lowest BCUT2D eigenvalue weighted by molar-refractivity contribution is -0.132. The topological polar surface area (TPSA) is 64.4 Å². The molecule has 1 aliphatic heterocycles. The van der Waals surface area contributed by atoms with Gasteiger partial charge in [-0.1, -0.05) is 44.5 Å². The van der Waals surface area contributed by atoms with Crippen molar-refractivity contribution in [1.82, 2.24) is 5.32 Å². The SMILES string of the molecule is CC(C)(C)CC(NC(=O)[C@@H]1CC[C@H](CN)O1)c1ccc(Cl)cc1.Cl. The summed E-state index contributed by atoms with van der Waals surface area (Å²) in [4.78, 5) is 12.5. The van der Waals surface area contributed by atoms with Gasteiger partial charge < -0.3 is 15.8 Å². The second kappa shape index (κ2) is 9.04. The first kappa shape index (κ1) is 21.2. The molecule has 1 unspecified atom stereocenters. The number of rotatable bonds is 5.